The summed E-state index contributed by atoms with van der Waals surface area (Å²) in [6.45, 7) is 6.08. The summed E-state index contributed by atoms with van der Waals surface area (Å²) in [4.78, 5) is 29.3. The molecule has 0 radical (unpaired) electrons. The van der Waals surface area contributed by atoms with Gasteiger partial charge in [0.15, 0.2) is 6.10 Å². The second kappa shape index (κ2) is 8.66. The predicted octanol–water partition coefficient (Wildman–Crippen LogP) is 2.51. The van der Waals surface area contributed by atoms with Gasteiger partial charge in [-0.25, -0.2) is 4.79 Å². The molecule has 6 nitrogen and oxygen atoms in total. The number of nitrogens with zero attached hydrogens (tertiary/aromatic N) is 2. The van der Waals surface area contributed by atoms with Gasteiger partial charge in [0.05, 0.1) is 12.2 Å². The number of ether oxygens (including phenoxy) is 2. The first-order chi connectivity index (χ1) is 14.1. The van der Waals surface area contributed by atoms with E-state index in [0.717, 1.165) is 37.4 Å². The Morgan fingerprint density at radius 1 is 1.07 bits per heavy atom. The van der Waals surface area contributed by atoms with Gasteiger partial charge in [0.25, 0.3) is 5.91 Å². The van der Waals surface area contributed by atoms with Gasteiger partial charge in [-0.05, 0) is 36.2 Å². The van der Waals surface area contributed by atoms with Crippen LogP contribution < -0.4 is 4.74 Å². The summed E-state index contributed by atoms with van der Waals surface area (Å²) in [5.74, 6) is 0.213. The molecule has 1 saturated heterocycles. The Morgan fingerprint density at radius 2 is 1.83 bits per heavy atom. The van der Waals surface area contributed by atoms with Crippen molar-refractivity contribution >= 4 is 11.9 Å². The molecule has 0 aromatic heterocycles. The summed E-state index contributed by atoms with van der Waals surface area (Å²) in [5.41, 5.74) is 2.74. The van der Waals surface area contributed by atoms with Crippen molar-refractivity contribution in [1.29, 1.82) is 0 Å². The summed E-state index contributed by atoms with van der Waals surface area (Å²) < 4.78 is 10.9. The van der Waals surface area contributed by atoms with Gasteiger partial charge in [0, 0.05) is 39.1 Å². The van der Waals surface area contributed by atoms with Crippen LogP contribution in [-0.4, -0.2) is 60.6 Å². The molecule has 4 rings (SSSR count). The maximum atomic E-state index is 12.7. The number of carbonyl (C=O) groups excluding carboxylic acids is 2. The minimum Gasteiger partial charge on any atom is -0.493 e. The lowest BCUT2D eigenvalue weighted by molar-refractivity contribution is -0.141. The van der Waals surface area contributed by atoms with E-state index in [-0.39, 0.29) is 5.91 Å². The Hall–Kier alpha value is -2.86. The average molecular weight is 394 g/mol. The number of esters is 1. The van der Waals surface area contributed by atoms with E-state index in [2.05, 4.69) is 17.0 Å². The zero-order valence-corrected chi connectivity index (χ0v) is 16.7. The minimum absolute atomic E-state index is 0.137. The number of rotatable bonds is 5. The molecule has 0 spiro atoms. The van der Waals surface area contributed by atoms with Gasteiger partial charge in [-0.1, -0.05) is 30.3 Å². The van der Waals surface area contributed by atoms with Gasteiger partial charge >= 0.3 is 5.97 Å². The van der Waals surface area contributed by atoms with Gasteiger partial charge in [-0.3, -0.25) is 9.69 Å². The molecule has 2 aliphatic rings. The first-order valence-electron chi connectivity index (χ1n) is 10.1. The number of hydrogen-bond donors (Lipinski definition) is 0. The molecule has 0 saturated carbocycles. The Morgan fingerprint density at radius 3 is 2.59 bits per heavy atom. The molecule has 0 N–H and O–H groups in total. The molecule has 2 heterocycles. The van der Waals surface area contributed by atoms with Crippen LogP contribution in [0.25, 0.3) is 0 Å². The second-order valence-electron chi connectivity index (χ2n) is 7.56. The molecule has 0 aliphatic carbocycles. The average Bonchev–Trinajstić information content (AvgIpc) is 3.22. The molecule has 2 aromatic rings. The SMILES string of the molecule is CC(OC(=O)c1ccc2c(c1)CCO2)C(=O)N1CCN(Cc2ccccc2)CC1. The van der Waals surface area contributed by atoms with E-state index < -0.39 is 12.1 Å². The van der Waals surface area contributed by atoms with Crippen LogP contribution >= 0.6 is 0 Å². The maximum absolute atomic E-state index is 12.7. The fraction of sp³-hybridized carbons (Fsp3) is 0.391. The van der Waals surface area contributed by atoms with Crippen molar-refractivity contribution in [2.45, 2.75) is 26.0 Å². The number of fused-ring (bicyclic) bond motifs is 1. The largest absolute Gasteiger partial charge is 0.493 e. The quantitative estimate of drug-likeness (QED) is 0.730. The standard InChI is InChI=1S/C23H26N2O4/c1-17(29-23(27)20-7-8-21-19(15-20)9-14-28-21)22(26)25-12-10-24(11-13-25)16-18-5-3-2-4-6-18/h2-8,15,17H,9-14,16H2,1H3. The third-order valence-corrected chi connectivity index (χ3v) is 5.49. The monoisotopic (exact) mass is 394 g/mol. The highest BCUT2D eigenvalue weighted by Crippen LogP contribution is 2.26. The van der Waals surface area contributed by atoms with Crippen LogP contribution in [0.4, 0.5) is 0 Å². The van der Waals surface area contributed by atoms with Crippen LogP contribution in [0.2, 0.25) is 0 Å². The number of piperazine rings is 1. The predicted molar refractivity (Wildman–Crippen MR) is 109 cm³/mol. The van der Waals surface area contributed by atoms with E-state index in [1.54, 1.807) is 30.0 Å². The number of amides is 1. The van der Waals surface area contributed by atoms with Crippen LogP contribution in [-0.2, 0) is 22.5 Å². The zero-order valence-electron chi connectivity index (χ0n) is 16.7. The topological polar surface area (TPSA) is 59.1 Å². The van der Waals surface area contributed by atoms with Gasteiger partial charge in [-0.15, -0.1) is 0 Å². The molecule has 6 heteroatoms. The summed E-state index contributed by atoms with van der Waals surface area (Å²) in [6.07, 6.45) is -0.00857. The highest BCUT2D eigenvalue weighted by atomic mass is 16.5. The van der Waals surface area contributed by atoms with Gasteiger partial charge in [-0.2, -0.15) is 0 Å². The normalized spacial score (nSPS) is 17.3. The molecule has 1 amide bonds. The van der Waals surface area contributed by atoms with E-state index in [9.17, 15) is 9.59 Å². The summed E-state index contributed by atoms with van der Waals surface area (Å²) in [7, 11) is 0. The fourth-order valence-corrected chi connectivity index (χ4v) is 3.82. The van der Waals surface area contributed by atoms with Crippen LogP contribution in [0, 0.1) is 0 Å². The molecular formula is C23H26N2O4. The van der Waals surface area contributed by atoms with Crippen LogP contribution in [0.15, 0.2) is 48.5 Å². The highest BCUT2D eigenvalue weighted by Gasteiger charge is 2.28. The van der Waals surface area contributed by atoms with Gasteiger partial charge in [0.1, 0.15) is 5.75 Å². The third kappa shape index (κ3) is 4.59. The molecule has 1 unspecified atom stereocenters. The van der Waals surface area contributed by atoms with Crippen molar-refractivity contribution in [3.63, 3.8) is 0 Å². The number of carbonyl (C=O) groups is 2. The molecule has 2 aromatic carbocycles. The molecule has 29 heavy (non-hydrogen) atoms. The Balaban J connectivity index is 1.28. The van der Waals surface area contributed by atoms with E-state index in [0.29, 0.717) is 25.3 Å². The fourth-order valence-electron chi connectivity index (χ4n) is 3.82. The van der Waals surface area contributed by atoms with Crippen molar-refractivity contribution in [3.8, 4) is 5.75 Å². The summed E-state index contributed by atoms with van der Waals surface area (Å²) in [5, 5.41) is 0. The van der Waals surface area contributed by atoms with Crippen LogP contribution in [0.5, 0.6) is 5.75 Å². The van der Waals surface area contributed by atoms with Crippen LogP contribution in [0.3, 0.4) is 0 Å². The third-order valence-electron chi connectivity index (χ3n) is 5.49. The van der Waals surface area contributed by atoms with Crippen molar-refractivity contribution in [2.24, 2.45) is 0 Å². The Kier molecular flexibility index (Phi) is 5.81. The van der Waals surface area contributed by atoms with E-state index >= 15 is 0 Å². The molecule has 2 aliphatic heterocycles. The molecule has 0 bridgehead atoms. The van der Waals surface area contributed by atoms with Gasteiger partial charge in [0.2, 0.25) is 0 Å². The lowest BCUT2D eigenvalue weighted by Gasteiger charge is -2.35. The molecule has 152 valence electrons. The number of hydrogen-bond acceptors (Lipinski definition) is 5. The lowest BCUT2D eigenvalue weighted by Crippen LogP contribution is -2.51. The number of benzene rings is 2. The van der Waals surface area contributed by atoms with Crippen molar-refractivity contribution < 1.29 is 19.1 Å². The van der Waals surface area contributed by atoms with Crippen LogP contribution in [0.1, 0.15) is 28.4 Å². The van der Waals surface area contributed by atoms with Gasteiger partial charge < -0.3 is 14.4 Å². The van der Waals surface area contributed by atoms with Crippen molar-refractivity contribution in [1.82, 2.24) is 9.80 Å². The highest BCUT2D eigenvalue weighted by molar-refractivity contribution is 5.92. The summed E-state index contributed by atoms with van der Waals surface area (Å²) in [6, 6.07) is 15.6. The molecule has 1 fully saturated rings. The van der Waals surface area contributed by atoms with Crippen molar-refractivity contribution in [3.05, 3.63) is 65.2 Å². The second-order valence-corrected chi connectivity index (χ2v) is 7.56. The van der Waals surface area contributed by atoms with Crippen molar-refractivity contribution in [2.75, 3.05) is 32.8 Å². The molecular weight excluding hydrogens is 368 g/mol. The zero-order chi connectivity index (χ0) is 20.2. The van der Waals surface area contributed by atoms with E-state index in [1.807, 2.05) is 18.2 Å². The minimum atomic E-state index is -0.798. The van der Waals surface area contributed by atoms with E-state index in [4.69, 9.17) is 9.47 Å². The smallest absolute Gasteiger partial charge is 0.338 e. The van der Waals surface area contributed by atoms with E-state index in [1.165, 1.54) is 5.56 Å². The molecule has 1 atom stereocenters. The first kappa shape index (κ1) is 19.5. The summed E-state index contributed by atoms with van der Waals surface area (Å²) >= 11 is 0. The maximum Gasteiger partial charge on any atom is 0.338 e. The Bertz CT molecular complexity index is 876. The lowest BCUT2D eigenvalue weighted by atomic mass is 10.1. The Labute approximate surface area is 171 Å². The first-order valence-corrected chi connectivity index (χ1v) is 10.1.